The first kappa shape index (κ1) is 14.4. The molecule has 0 aliphatic carbocycles. The summed E-state index contributed by atoms with van der Waals surface area (Å²) in [5.74, 6) is -1.01. The van der Waals surface area contributed by atoms with Crippen LogP contribution in [-0.2, 0) is 6.42 Å². The van der Waals surface area contributed by atoms with Crippen LogP contribution in [0.1, 0.15) is 32.3 Å². The second-order valence-electron chi connectivity index (χ2n) is 5.86. The van der Waals surface area contributed by atoms with E-state index in [2.05, 4.69) is 18.7 Å². The van der Waals surface area contributed by atoms with Gasteiger partial charge in [-0.1, -0.05) is 6.07 Å². The zero-order chi connectivity index (χ0) is 14.0. The van der Waals surface area contributed by atoms with Crippen molar-refractivity contribution >= 4 is 0 Å². The first-order valence-corrected chi connectivity index (χ1v) is 6.86. The van der Waals surface area contributed by atoms with Gasteiger partial charge in [-0.15, -0.1) is 0 Å². The number of hydrogen-bond acceptors (Lipinski definition) is 2. The quantitative estimate of drug-likeness (QED) is 0.909. The molecule has 0 spiro atoms. The Morgan fingerprint density at radius 3 is 2.26 bits per heavy atom. The normalized spacial score (nSPS) is 18.8. The van der Waals surface area contributed by atoms with Crippen molar-refractivity contribution in [3.05, 3.63) is 35.4 Å². The second-order valence-corrected chi connectivity index (χ2v) is 5.86. The molecule has 1 heterocycles. The summed E-state index contributed by atoms with van der Waals surface area (Å²) in [6.45, 7) is 6.14. The standard InChI is InChI=1S/C15H22F2N2/c1-15(2,19-8-3-4-9-19)14(18)10-11-12(16)6-5-7-13(11)17/h5-7,14H,3-4,8-10,18H2,1-2H3. The largest absolute Gasteiger partial charge is 0.326 e. The van der Waals surface area contributed by atoms with Gasteiger partial charge < -0.3 is 5.73 Å². The fourth-order valence-electron chi connectivity index (χ4n) is 2.72. The van der Waals surface area contributed by atoms with Crippen molar-refractivity contribution in [1.29, 1.82) is 0 Å². The monoisotopic (exact) mass is 268 g/mol. The Labute approximate surface area is 113 Å². The summed E-state index contributed by atoms with van der Waals surface area (Å²) in [4.78, 5) is 2.32. The Balaban J connectivity index is 2.13. The summed E-state index contributed by atoms with van der Waals surface area (Å²) >= 11 is 0. The minimum atomic E-state index is -0.507. The molecule has 1 aromatic carbocycles. The van der Waals surface area contributed by atoms with E-state index in [1.54, 1.807) is 0 Å². The summed E-state index contributed by atoms with van der Waals surface area (Å²) in [6.07, 6.45) is 2.57. The predicted octanol–water partition coefficient (Wildman–Crippen LogP) is 2.71. The van der Waals surface area contributed by atoms with Crippen LogP contribution in [0.2, 0.25) is 0 Å². The molecule has 4 heteroatoms. The first-order chi connectivity index (χ1) is 8.93. The Kier molecular flexibility index (Phi) is 4.21. The zero-order valence-corrected chi connectivity index (χ0v) is 11.6. The molecular weight excluding hydrogens is 246 g/mol. The molecule has 0 bridgehead atoms. The van der Waals surface area contributed by atoms with Crippen molar-refractivity contribution in [2.24, 2.45) is 5.73 Å². The third kappa shape index (κ3) is 2.95. The van der Waals surface area contributed by atoms with Crippen LogP contribution in [0.25, 0.3) is 0 Å². The molecule has 1 atom stereocenters. The molecule has 0 amide bonds. The van der Waals surface area contributed by atoms with E-state index in [4.69, 9.17) is 5.73 Å². The van der Waals surface area contributed by atoms with E-state index in [9.17, 15) is 8.78 Å². The van der Waals surface area contributed by atoms with Gasteiger partial charge in [-0.05, 0) is 58.3 Å². The predicted molar refractivity (Wildman–Crippen MR) is 72.9 cm³/mol. The number of nitrogens with zero attached hydrogens (tertiary/aromatic N) is 1. The summed E-state index contributed by atoms with van der Waals surface area (Å²) in [7, 11) is 0. The lowest BCUT2D eigenvalue weighted by atomic mass is 9.88. The SMILES string of the molecule is CC(C)(C(N)Cc1c(F)cccc1F)N1CCCC1. The minimum absolute atomic E-state index is 0.0993. The fourth-order valence-corrected chi connectivity index (χ4v) is 2.72. The fraction of sp³-hybridized carbons (Fsp3) is 0.600. The third-order valence-corrected chi connectivity index (χ3v) is 4.31. The van der Waals surface area contributed by atoms with Gasteiger partial charge in [0.25, 0.3) is 0 Å². The Morgan fingerprint density at radius 1 is 1.21 bits per heavy atom. The van der Waals surface area contributed by atoms with Crippen LogP contribution in [0.5, 0.6) is 0 Å². The van der Waals surface area contributed by atoms with Gasteiger partial charge in [0.2, 0.25) is 0 Å². The van der Waals surface area contributed by atoms with Crippen LogP contribution in [0.15, 0.2) is 18.2 Å². The third-order valence-electron chi connectivity index (χ3n) is 4.31. The van der Waals surface area contributed by atoms with E-state index < -0.39 is 11.6 Å². The van der Waals surface area contributed by atoms with Gasteiger partial charge in [-0.2, -0.15) is 0 Å². The number of halogens is 2. The van der Waals surface area contributed by atoms with Crippen LogP contribution >= 0.6 is 0 Å². The Bertz CT molecular complexity index is 420. The highest BCUT2D eigenvalue weighted by Crippen LogP contribution is 2.26. The molecule has 1 aliphatic rings. The van der Waals surface area contributed by atoms with E-state index in [-0.39, 0.29) is 23.6 Å². The molecule has 1 saturated heterocycles. The summed E-state index contributed by atoms with van der Waals surface area (Å²) in [6, 6.07) is 3.66. The molecule has 0 aromatic heterocycles. The average Bonchev–Trinajstić information content (AvgIpc) is 2.88. The highest BCUT2D eigenvalue weighted by atomic mass is 19.1. The highest BCUT2D eigenvalue weighted by molar-refractivity contribution is 5.21. The van der Waals surface area contributed by atoms with Crippen LogP contribution in [0.3, 0.4) is 0 Å². The molecule has 19 heavy (non-hydrogen) atoms. The first-order valence-electron chi connectivity index (χ1n) is 6.86. The average molecular weight is 268 g/mol. The molecule has 1 aliphatic heterocycles. The van der Waals surface area contributed by atoms with Crippen molar-refractivity contribution in [3.63, 3.8) is 0 Å². The highest BCUT2D eigenvalue weighted by Gasteiger charge is 2.35. The summed E-state index contributed by atoms with van der Waals surface area (Å²) in [5, 5.41) is 0. The maximum absolute atomic E-state index is 13.7. The van der Waals surface area contributed by atoms with E-state index in [1.807, 2.05) is 0 Å². The van der Waals surface area contributed by atoms with Crippen LogP contribution in [-0.4, -0.2) is 29.6 Å². The summed E-state index contributed by atoms with van der Waals surface area (Å²) in [5.41, 5.74) is 6.08. The summed E-state index contributed by atoms with van der Waals surface area (Å²) < 4.78 is 27.3. The maximum Gasteiger partial charge on any atom is 0.129 e. The minimum Gasteiger partial charge on any atom is -0.326 e. The van der Waals surface area contributed by atoms with Gasteiger partial charge >= 0.3 is 0 Å². The lowest BCUT2D eigenvalue weighted by molar-refractivity contribution is 0.123. The molecular formula is C15H22F2N2. The Morgan fingerprint density at radius 2 is 1.74 bits per heavy atom. The number of rotatable bonds is 4. The number of likely N-dealkylation sites (tertiary alicyclic amines) is 1. The second kappa shape index (κ2) is 5.55. The molecule has 1 unspecified atom stereocenters. The maximum atomic E-state index is 13.7. The molecule has 1 fully saturated rings. The van der Waals surface area contributed by atoms with Gasteiger partial charge in [0.05, 0.1) is 0 Å². The van der Waals surface area contributed by atoms with Crippen molar-refractivity contribution in [2.45, 2.75) is 44.7 Å². The van der Waals surface area contributed by atoms with Crippen LogP contribution in [0.4, 0.5) is 8.78 Å². The number of hydrogen-bond donors (Lipinski definition) is 1. The number of nitrogens with two attached hydrogens (primary N) is 1. The smallest absolute Gasteiger partial charge is 0.129 e. The van der Waals surface area contributed by atoms with E-state index in [1.165, 1.54) is 31.0 Å². The van der Waals surface area contributed by atoms with Crippen LogP contribution in [0, 0.1) is 11.6 Å². The molecule has 106 valence electrons. The molecule has 0 saturated carbocycles. The van der Waals surface area contributed by atoms with E-state index >= 15 is 0 Å². The lowest BCUT2D eigenvalue weighted by Gasteiger charge is -2.40. The molecule has 1 aromatic rings. The van der Waals surface area contributed by atoms with Gasteiger partial charge in [-0.3, -0.25) is 4.90 Å². The van der Waals surface area contributed by atoms with Crippen molar-refractivity contribution in [2.75, 3.05) is 13.1 Å². The topological polar surface area (TPSA) is 29.3 Å². The van der Waals surface area contributed by atoms with Crippen molar-refractivity contribution < 1.29 is 8.78 Å². The molecule has 2 rings (SSSR count). The lowest BCUT2D eigenvalue weighted by Crippen LogP contribution is -2.56. The molecule has 2 N–H and O–H groups in total. The van der Waals surface area contributed by atoms with Gasteiger partial charge in [-0.25, -0.2) is 8.78 Å². The van der Waals surface area contributed by atoms with Gasteiger partial charge in [0, 0.05) is 17.1 Å². The van der Waals surface area contributed by atoms with Gasteiger partial charge in [0.1, 0.15) is 11.6 Å². The van der Waals surface area contributed by atoms with Gasteiger partial charge in [0.15, 0.2) is 0 Å². The van der Waals surface area contributed by atoms with Crippen LogP contribution < -0.4 is 5.73 Å². The van der Waals surface area contributed by atoms with Crippen molar-refractivity contribution in [1.82, 2.24) is 4.90 Å². The molecule has 0 radical (unpaired) electrons. The van der Waals surface area contributed by atoms with E-state index in [0.29, 0.717) is 0 Å². The zero-order valence-electron chi connectivity index (χ0n) is 11.6. The molecule has 2 nitrogen and oxygen atoms in total. The number of benzene rings is 1. The van der Waals surface area contributed by atoms with Crippen molar-refractivity contribution in [3.8, 4) is 0 Å². The van der Waals surface area contributed by atoms with E-state index in [0.717, 1.165) is 13.1 Å². The Hall–Kier alpha value is -1.00.